The fourth-order valence-electron chi connectivity index (χ4n) is 2.45. The van der Waals surface area contributed by atoms with Crippen molar-refractivity contribution in [2.24, 2.45) is 0 Å². The van der Waals surface area contributed by atoms with Crippen molar-refractivity contribution in [1.82, 2.24) is 15.2 Å². The minimum absolute atomic E-state index is 0.139. The highest BCUT2D eigenvalue weighted by atomic mass is 32.1. The lowest BCUT2D eigenvalue weighted by Gasteiger charge is -2.06. The Balaban J connectivity index is 1.48. The number of rotatable bonds is 4. The van der Waals surface area contributed by atoms with Crippen LogP contribution >= 0.6 is 11.3 Å². The number of anilines is 3. The van der Waals surface area contributed by atoms with Gasteiger partial charge >= 0.3 is 0 Å². The van der Waals surface area contributed by atoms with Crippen molar-refractivity contribution in [3.05, 3.63) is 42.6 Å². The first-order valence-corrected chi connectivity index (χ1v) is 8.12. The summed E-state index contributed by atoms with van der Waals surface area (Å²) < 4.78 is 1.00. The molecule has 0 saturated heterocycles. The number of hydrogen-bond donors (Lipinski definition) is 4. The molecule has 24 heavy (non-hydrogen) atoms. The first-order chi connectivity index (χ1) is 11.7. The van der Waals surface area contributed by atoms with Gasteiger partial charge < -0.3 is 16.4 Å². The van der Waals surface area contributed by atoms with E-state index >= 15 is 0 Å². The van der Waals surface area contributed by atoms with Crippen molar-refractivity contribution in [1.29, 1.82) is 0 Å². The van der Waals surface area contributed by atoms with E-state index in [0.29, 0.717) is 10.8 Å². The maximum atomic E-state index is 12.1. The van der Waals surface area contributed by atoms with Gasteiger partial charge in [0.15, 0.2) is 5.13 Å². The zero-order valence-corrected chi connectivity index (χ0v) is 13.4. The molecule has 0 unspecified atom stereocenters. The summed E-state index contributed by atoms with van der Waals surface area (Å²) >= 11 is 1.43. The molecule has 0 bridgehead atoms. The molecule has 0 atom stereocenters. The minimum Gasteiger partial charge on any atom is -0.399 e. The van der Waals surface area contributed by atoms with Crippen LogP contribution in [0, 0.1) is 0 Å². The number of aromatic nitrogens is 3. The molecule has 0 fully saturated rings. The third-order valence-electron chi connectivity index (χ3n) is 3.56. The summed E-state index contributed by atoms with van der Waals surface area (Å²) in [6.07, 6.45) is 1.77. The molecule has 0 aliphatic heterocycles. The van der Waals surface area contributed by atoms with Crippen LogP contribution in [0.4, 0.5) is 16.5 Å². The number of nitrogen functional groups attached to an aromatic ring is 1. The number of H-pyrrole nitrogens is 1. The van der Waals surface area contributed by atoms with Crippen LogP contribution in [0.5, 0.6) is 0 Å². The van der Waals surface area contributed by atoms with E-state index in [2.05, 4.69) is 25.8 Å². The van der Waals surface area contributed by atoms with Crippen molar-refractivity contribution in [2.45, 2.75) is 0 Å². The van der Waals surface area contributed by atoms with Crippen LogP contribution in [0.15, 0.2) is 42.6 Å². The Hall–Kier alpha value is -3.13. The Kier molecular flexibility index (Phi) is 3.51. The predicted molar refractivity (Wildman–Crippen MR) is 97.2 cm³/mol. The van der Waals surface area contributed by atoms with Crippen molar-refractivity contribution >= 4 is 54.9 Å². The lowest BCUT2D eigenvalue weighted by molar-refractivity contribution is -0.114. The Labute approximate surface area is 140 Å². The summed E-state index contributed by atoms with van der Waals surface area (Å²) in [6.45, 7) is 0.139. The van der Waals surface area contributed by atoms with Gasteiger partial charge in [-0.25, -0.2) is 4.98 Å². The van der Waals surface area contributed by atoms with Crippen molar-refractivity contribution in [2.75, 3.05) is 22.9 Å². The van der Waals surface area contributed by atoms with Gasteiger partial charge in [0.1, 0.15) is 0 Å². The summed E-state index contributed by atoms with van der Waals surface area (Å²) in [7, 11) is 0. The quantitative estimate of drug-likeness (QED) is 0.428. The lowest BCUT2D eigenvalue weighted by atomic mass is 10.2. The van der Waals surface area contributed by atoms with Crippen LogP contribution in [0.25, 0.3) is 21.1 Å². The summed E-state index contributed by atoms with van der Waals surface area (Å²) in [4.78, 5) is 16.6. The predicted octanol–water partition coefficient (Wildman–Crippen LogP) is 2.81. The Morgan fingerprint density at radius 3 is 3.08 bits per heavy atom. The van der Waals surface area contributed by atoms with Gasteiger partial charge in [0.25, 0.3) is 0 Å². The Morgan fingerprint density at radius 2 is 2.21 bits per heavy atom. The monoisotopic (exact) mass is 338 g/mol. The summed E-state index contributed by atoms with van der Waals surface area (Å²) in [5, 5.41) is 14.4. The molecule has 0 spiro atoms. The van der Waals surface area contributed by atoms with E-state index in [-0.39, 0.29) is 12.5 Å². The Bertz CT molecular complexity index is 1040. The first-order valence-electron chi connectivity index (χ1n) is 7.31. The maximum Gasteiger partial charge on any atom is 0.245 e. The molecule has 0 radical (unpaired) electrons. The number of hydrogen-bond acceptors (Lipinski definition) is 6. The molecule has 4 aromatic rings. The number of nitrogens with one attached hydrogen (secondary N) is 3. The molecule has 0 aliphatic carbocycles. The molecule has 5 N–H and O–H groups in total. The van der Waals surface area contributed by atoms with Gasteiger partial charge in [-0.15, -0.1) is 0 Å². The van der Waals surface area contributed by atoms with Crippen LogP contribution in [0.3, 0.4) is 0 Å². The number of carbonyl (C=O) groups is 1. The number of amides is 1. The van der Waals surface area contributed by atoms with Crippen LogP contribution in [-0.4, -0.2) is 27.6 Å². The average Bonchev–Trinajstić information content (AvgIpc) is 3.18. The molecule has 0 aliphatic rings. The van der Waals surface area contributed by atoms with Gasteiger partial charge in [-0.3, -0.25) is 9.89 Å². The fourth-order valence-corrected chi connectivity index (χ4v) is 3.45. The highest BCUT2D eigenvalue weighted by molar-refractivity contribution is 7.23. The van der Waals surface area contributed by atoms with Gasteiger partial charge in [0.2, 0.25) is 5.91 Å². The van der Waals surface area contributed by atoms with E-state index in [9.17, 15) is 4.79 Å². The minimum atomic E-state index is -0.167. The zero-order valence-electron chi connectivity index (χ0n) is 12.5. The second-order valence-corrected chi connectivity index (χ2v) is 6.29. The van der Waals surface area contributed by atoms with Gasteiger partial charge in [0.05, 0.1) is 28.5 Å². The van der Waals surface area contributed by atoms with Crippen molar-refractivity contribution in [3.8, 4) is 0 Å². The van der Waals surface area contributed by atoms with E-state index in [0.717, 1.165) is 26.8 Å². The van der Waals surface area contributed by atoms with Crippen LogP contribution in [0.2, 0.25) is 0 Å². The molecular weight excluding hydrogens is 324 g/mol. The second-order valence-electron chi connectivity index (χ2n) is 5.29. The van der Waals surface area contributed by atoms with E-state index in [1.807, 2.05) is 24.3 Å². The summed E-state index contributed by atoms with van der Waals surface area (Å²) in [5.41, 5.74) is 8.95. The number of benzene rings is 2. The topological polar surface area (TPSA) is 109 Å². The number of fused-ring (bicyclic) bond motifs is 3. The third kappa shape index (κ3) is 2.74. The first kappa shape index (κ1) is 14.5. The highest BCUT2D eigenvalue weighted by Crippen LogP contribution is 2.31. The molecule has 4 rings (SSSR count). The smallest absolute Gasteiger partial charge is 0.245 e. The van der Waals surface area contributed by atoms with Crippen molar-refractivity contribution < 1.29 is 4.79 Å². The standard InChI is InChI=1S/C16H14N6OS/c17-9-2-1-3-10(6-9)18-8-14(23)21-16-20-13-5-4-12-11(7-19-22-12)15(13)24-16/h1-7,18H,8,17H2,(H,19,22)(H,20,21,23). The number of aromatic amines is 1. The SMILES string of the molecule is Nc1cccc(NCC(=O)Nc2nc3ccc4[nH]ncc4c3s2)c1. The van der Waals surface area contributed by atoms with Crippen molar-refractivity contribution in [3.63, 3.8) is 0 Å². The molecule has 2 aromatic heterocycles. The van der Waals surface area contributed by atoms with Gasteiger partial charge in [-0.2, -0.15) is 5.10 Å². The highest BCUT2D eigenvalue weighted by Gasteiger charge is 2.11. The van der Waals surface area contributed by atoms with Crippen LogP contribution in [0.1, 0.15) is 0 Å². The van der Waals surface area contributed by atoms with Gasteiger partial charge in [0, 0.05) is 16.8 Å². The van der Waals surface area contributed by atoms with E-state index < -0.39 is 0 Å². The number of thiazole rings is 1. The van der Waals surface area contributed by atoms with E-state index in [4.69, 9.17) is 5.73 Å². The number of nitrogens with two attached hydrogens (primary N) is 1. The largest absolute Gasteiger partial charge is 0.399 e. The van der Waals surface area contributed by atoms with Crippen LogP contribution < -0.4 is 16.4 Å². The van der Waals surface area contributed by atoms with Gasteiger partial charge in [-0.05, 0) is 30.3 Å². The normalized spacial score (nSPS) is 11.0. The number of carbonyl (C=O) groups excluding carboxylic acids is 1. The Morgan fingerprint density at radius 1 is 1.29 bits per heavy atom. The summed E-state index contributed by atoms with van der Waals surface area (Å²) in [5.74, 6) is -0.167. The molecule has 7 nitrogen and oxygen atoms in total. The zero-order chi connectivity index (χ0) is 16.5. The molecule has 8 heteroatoms. The molecule has 2 aromatic carbocycles. The maximum absolute atomic E-state index is 12.1. The van der Waals surface area contributed by atoms with E-state index in [1.54, 1.807) is 18.3 Å². The molecule has 2 heterocycles. The average molecular weight is 338 g/mol. The third-order valence-corrected chi connectivity index (χ3v) is 4.58. The molecule has 120 valence electrons. The van der Waals surface area contributed by atoms with Crippen LogP contribution in [-0.2, 0) is 4.79 Å². The lowest BCUT2D eigenvalue weighted by Crippen LogP contribution is -2.21. The molecular formula is C16H14N6OS. The fraction of sp³-hybridized carbons (Fsp3) is 0.0625. The summed E-state index contributed by atoms with van der Waals surface area (Å²) in [6, 6.07) is 11.1. The second kappa shape index (κ2) is 5.82. The molecule has 0 saturated carbocycles. The molecule has 1 amide bonds. The number of nitrogens with zero attached hydrogens (tertiary/aromatic N) is 2. The van der Waals surface area contributed by atoms with E-state index in [1.165, 1.54) is 11.3 Å². The van der Waals surface area contributed by atoms with Gasteiger partial charge in [-0.1, -0.05) is 17.4 Å².